The van der Waals surface area contributed by atoms with Crippen molar-refractivity contribution >= 4 is 5.97 Å². The number of carbonyl (C=O) groups excluding carboxylic acids is 1. The van der Waals surface area contributed by atoms with Gasteiger partial charge in [-0.15, -0.1) is 0 Å². The van der Waals surface area contributed by atoms with Gasteiger partial charge in [0.25, 0.3) is 0 Å². The van der Waals surface area contributed by atoms with Gasteiger partial charge in [0, 0.05) is 0 Å². The third kappa shape index (κ3) is 5.35. The van der Waals surface area contributed by atoms with Crippen LogP contribution in [-0.4, -0.2) is 12.6 Å². The van der Waals surface area contributed by atoms with Crippen molar-refractivity contribution in [3.05, 3.63) is 59.7 Å². The summed E-state index contributed by atoms with van der Waals surface area (Å²) in [6.07, 6.45) is 1.05. The normalized spacial score (nSPS) is 11.4. The van der Waals surface area contributed by atoms with Gasteiger partial charge in [0.15, 0.2) is 0 Å². The Hall–Kier alpha value is -2.29. The molecule has 0 bridgehead atoms. The summed E-state index contributed by atoms with van der Waals surface area (Å²) in [6, 6.07) is 14.8. The molecular formula is C22H28O3. The SMILES string of the molecule is CCC(C)(C)c1ccc(OC(=O)c2ccc(OCC(C)C)cc2)cc1. The molecule has 0 saturated heterocycles. The molecule has 0 aliphatic carbocycles. The van der Waals surface area contributed by atoms with Crippen LogP contribution in [-0.2, 0) is 5.41 Å². The molecule has 0 aromatic heterocycles. The Bertz CT molecular complexity index is 682. The van der Waals surface area contributed by atoms with Crippen molar-refractivity contribution in [2.45, 2.75) is 46.5 Å². The summed E-state index contributed by atoms with van der Waals surface area (Å²) in [5, 5.41) is 0. The van der Waals surface area contributed by atoms with Crippen molar-refractivity contribution in [3.63, 3.8) is 0 Å². The second kappa shape index (κ2) is 8.19. The molecular weight excluding hydrogens is 312 g/mol. The molecule has 0 N–H and O–H groups in total. The van der Waals surface area contributed by atoms with E-state index in [4.69, 9.17) is 9.47 Å². The second-order valence-corrected chi connectivity index (χ2v) is 7.38. The zero-order chi connectivity index (χ0) is 18.4. The van der Waals surface area contributed by atoms with Crippen molar-refractivity contribution in [1.29, 1.82) is 0 Å². The lowest BCUT2D eigenvalue weighted by Gasteiger charge is -2.23. The van der Waals surface area contributed by atoms with Gasteiger partial charge in [-0.25, -0.2) is 4.79 Å². The Kier molecular flexibility index (Phi) is 6.24. The molecule has 0 fully saturated rings. The Labute approximate surface area is 151 Å². The molecule has 3 heteroatoms. The van der Waals surface area contributed by atoms with Crippen LogP contribution in [0.4, 0.5) is 0 Å². The summed E-state index contributed by atoms with van der Waals surface area (Å²) in [5.41, 5.74) is 1.87. The number of hydrogen-bond donors (Lipinski definition) is 0. The third-order valence-electron chi connectivity index (χ3n) is 4.40. The van der Waals surface area contributed by atoms with Crippen LogP contribution in [0.1, 0.15) is 57.0 Å². The quantitative estimate of drug-likeness (QED) is 0.484. The monoisotopic (exact) mass is 340 g/mol. The van der Waals surface area contributed by atoms with Crippen LogP contribution in [0.25, 0.3) is 0 Å². The summed E-state index contributed by atoms with van der Waals surface area (Å²) in [4.78, 5) is 12.3. The van der Waals surface area contributed by atoms with Crippen molar-refractivity contribution in [2.24, 2.45) is 5.92 Å². The summed E-state index contributed by atoms with van der Waals surface area (Å²) < 4.78 is 11.1. The lowest BCUT2D eigenvalue weighted by atomic mass is 9.82. The van der Waals surface area contributed by atoms with E-state index in [-0.39, 0.29) is 11.4 Å². The van der Waals surface area contributed by atoms with Gasteiger partial charge < -0.3 is 9.47 Å². The van der Waals surface area contributed by atoms with E-state index in [0.29, 0.717) is 23.8 Å². The number of ether oxygens (including phenoxy) is 2. The van der Waals surface area contributed by atoms with Gasteiger partial charge in [-0.1, -0.05) is 46.8 Å². The largest absolute Gasteiger partial charge is 0.493 e. The van der Waals surface area contributed by atoms with Crippen molar-refractivity contribution in [3.8, 4) is 11.5 Å². The first-order valence-corrected chi connectivity index (χ1v) is 8.87. The lowest BCUT2D eigenvalue weighted by molar-refractivity contribution is 0.0734. The summed E-state index contributed by atoms with van der Waals surface area (Å²) in [6.45, 7) is 11.4. The second-order valence-electron chi connectivity index (χ2n) is 7.38. The zero-order valence-electron chi connectivity index (χ0n) is 15.8. The molecule has 0 aliphatic heterocycles. The van der Waals surface area contributed by atoms with Crippen molar-refractivity contribution in [2.75, 3.05) is 6.61 Å². The molecule has 0 radical (unpaired) electrons. The number of esters is 1. The smallest absolute Gasteiger partial charge is 0.343 e. The highest BCUT2D eigenvalue weighted by Gasteiger charge is 2.18. The maximum atomic E-state index is 12.3. The highest BCUT2D eigenvalue weighted by Crippen LogP contribution is 2.28. The highest BCUT2D eigenvalue weighted by molar-refractivity contribution is 5.91. The third-order valence-corrected chi connectivity index (χ3v) is 4.40. The van der Waals surface area contributed by atoms with Crippen molar-refractivity contribution in [1.82, 2.24) is 0 Å². The van der Waals surface area contributed by atoms with Gasteiger partial charge >= 0.3 is 5.97 Å². The Morgan fingerprint density at radius 2 is 1.52 bits per heavy atom. The molecule has 0 spiro atoms. The van der Waals surface area contributed by atoms with E-state index in [1.54, 1.807) is 24.3 Å². The topological polar surface area (TPSA) is 35.5 Å². The molecule has 134 valence electrons. The average Bonchev–Trinajstić information content (AvgIpc) is 2.60. The highest BCUT2D eigenvalue weighted by atomic mass is 16.5. The van der Waals surface area contributed by atoms with E-state index in [1.165, 1.54) is 5.56 Å². The maximum Gasteiger partial charge on any atom is 0.343 e. The molecule has 0 atom stereocenters. The fourth-order valence-corrected chi connectivity index (χ4v) is 2.29. The minimum Gasteiger partial charge on any atom is -0.493 e. The molecule has 2 aromatic carbocycles. The fraction of sp³-hybridized carbons (Fsp3) is 0.409. The van der Waals surface area contributed by atoms with E-state index in [2.05, 4.69) is 34.6 Å². The van der Waals surface area contributed by atoms with E-state index >= 15 is 0 Å². The van der Waals surface area contributed by atoms with Crippen molar-refractivity contribution < 1.29 is 14.3 Å². The summed E-state index contributed by atoms with van der Waals surface area (Å²) >= 11 is 0. The minimum absolute atomic E-state index is 0.119. The van der Waals surface area contributed by atoms with Gasteiger partial charge in [0.1, 0.15) is 11.5 Å². The minimum atomic E-state index is -0.363. The molecule has 0 saturated carbocycles. The Morgan fingerprint density at radius 3 is 2.04 bits per heavy atom. The van der Waals surface area contributed by atoms with E-state index in [1.807, 2.05) is 24.3 Å². The van der Waals surface area contributed by atoms with Crippen LogP contribution in [0, 0.1) is 5.92 Å². The molecule has 2 aromatic rings. The van der Waals surface area contributed by atoms with E-state index in [9.17, 15) is 4.79 Å². The predicted octanol–water partition coefficient (Wildman–Crippen LogP) is 5.63. The molecule has 0 heterocycles. The van der Waals surface area contributed by atoms with Gasteiger partial charge in [-0.3, -0.25) is 0 Å². The van der Waals surface area contributed by atoms with Crippen LogP contribution < -0.4 is 9.47 Å². The molecule has 25 heavy (non-hydrogen) atoms. The van der Waals surface area contributed by atoms with Crippen LogP contribution in [0.3, 0.4) is 0 Å². The lowest BCUT2D eigenvalue weighted by Crippen LogP contribution is -2.15. The standard InChI is InChI=1S/C22H28O3/c1-6-22(4,5)18-9-13-20(14-10-18)25-21(23)17-7-11-19(12-8-17)24-15-16(2)3/h7-14,16H,6,15H2,1-5H3. The molecule has 0 amide bonds. The van der Waals surface area contributed by atoms with E-state index in [0.717, 1.165) is 12.2 Å². The molecule has 0 aliphatic rings. The predicted molar refractivity (Wildman–Crippen MR) is 101 cm³/mol. The fourth-order valence-electron chi connectivity index (χ4n) is 2.29. The Morgan fingerprint density at radius 1 is 0.960 bits per heavy atom. The average molecular weight is 340 g/mol. The van der Waals surface area contributed by atoms with Crippen LogP contribution in [0.2, 0.25) is 0 Å². The zero-order valence-corrected chi connectivity index (χ0v) is 15.8. The number of rotatable bonds is 7. The number of hydrogen-bond acceptors (Lipinski definition) is 3. The summed E-state index contributed by atoms with van der Waals surface area (Å²) in [5.74, 6) is 1.42. The molecule has 3 nitrogen and oxygen atoms in total. The van der Waals surface area contributed by atoms with Gasteiger partial charge in [0.2, 0.25) is 0 Å². The van der Waals surface area contributed by atoms with Gasteiger partial charge in [-0.05, 0) is 59.7 Å². The first-order chi connectivity index (χ1) is 11.8. The Balaban J connectivity index is 1.99. The van der Waals surface area contributed by atoms with Gasteiger partial charge in [0.05, 0.1) is 12.2 Å². The first kappa shape index (κ1) is 19.0. The van der Waals surface area contributed by atoms with Crippen LogP contribution in [0.5, 0.6) is 11.5 Å². The number of benzene rings is 2. The van der Waals surface area contributed by atoms with E-state index < -0.39 is 0 Å². The number of carbonyl (C=O) groups is 1. The van der Waals surface area contributed by atoms with Crippen LogP contribution >= 0.6 is 0 Å². The first-order valence-electron chi connectivity index (χ1n) is 8.87. The van der Waals surface area contributed by atoms with Crippen LogP contribution in [0.15, 0.2) is 48.5 Å². The molecule has 2 rings (SSSR count). The maximum absolute atomic E-state index is 12.3. The van der Waals surface area contributed by atoms with Gasteiger partial charge in [-0.2, -0.15) is 0 Å². The summed E-state index contributed by atoms with van der Waals surface area (Å²) in [7, 11) is 0. The molecule has 0 unspecified atom stereocenters.